The van der Waals surface area contributed by atoms with Gasteiger partial charge in [-0.2, -0.15) is 0 Å². The second kappa shape index (κ2) is 17.0. The van der Waals surface area contributed by atoms with E-state index in [0.29, 0.717) is 31.6 Å². The molecule has 1 aromatic rings. The lowest BCUT2D eigenvalue weighted by atomic mass is 10.0. The standard InChI is InChI=1S/C26H33N3O8.C2H6/c1-26(2,3)37-25(34)28-12-14-36-16-15-35-13-6-8-18-7-5-9-20-22(18)24(33)29(23(20)32)19(17-30)10-11-21(31)27-4;1-2/h5,7,9,17,19H,10-16H2,1-4H3,(H,27,31)(H,28,34);1-2H3. The Morgan fingerprint density at radius 3 is 2.41 bits per heavy atom. The van der Waals surface area contributed by atoms with Crippen molar-refractivity contribution in [2.45, 2.75) is 59.1 Å². The van der Waals surface area contributed by atoms with Gasteiger partial charge in [-0.15, -0.1) is 0 Å². The smallest absolute Gasteiger partial charge is 0.407 e. The van der Waals surface area contributed by atoms with Crippen LogP contribution in [-0.2, 0) is 23.8 Å². The molecule has 0 bridgehead atoms. The molecule has 1 atom stereocenters. The van der Waals surface area contributed by atoms with Crippen molar-refractivity contribution in [1.29, 1.82) is 0 Å². The van der Waals surface area contributed by atoms with Crippen LogP contribution >= 0.6 is 0 Å². The minimum Gasteiger partial charge on any atom is -0.444 e. The van der Waals surface area contributed by atoms with E-state index in [9.17, 15) is 24.0 Å². The molecule has 0 fully saturated rings. The predicted octanol–water partition coefficient (Wildman–Crippen LogP) is 2.31. The molecule has 11 nitrogen and oxygen atoms in total. The van der Waals surface area contributed by atoms with Crippen molar-refractivity contribution >= 4 is 30.1 Å². The van der Waals surface area contributed by atoms with E-state index in [1.54, 1.807) is 32.9 Å². The molecule has 39 heavy (non-hydrogen) atoms. The first-order valence-electron chi connectivity index (χ1n) is 12.9. The van der Waals surface area contributed by atoms with Crippen LogP contribution in [0.15, 0.2) is 18.2 Å². The summed E-state index contributed by atoms with van der Waals surface area (Å²) in [6.07, 6.45) is 0.0209. The highest BCUT2D eigenvalue weighted by molar-refractivity contribution is 6.23. The maximum Gasteiger partial charge on any atom is 0.407 e. The second-order valence-electron chi connectivity index (χ2n) is 9.02. The highest BCUT2D eigenvalue weighted by Gasteiger charge is 2.41. The molecule has 1 heterocycles. The third kappa shape index (κ3) is 10.9. The number of ether oxygens (including phenoxy) is 3. The van der Waals surface area contributed by atoms with Crippen LogP contribution in [0.5, 0.6) is 0 Å². The molecular weight excluding hydrogens is 506 g/mol. The fourth-order valence-corrected chi connectivity index (χ4v) is 3.38. The van der Waals surface area contributed by atoms with Crippen LogP contribution in [-0.4, -0.2) is 86.7 Å². The lowest BCUT2D eigenvalue weighted by molar-refractivity contribution is -0.121. The molecule has 1 aliphatic heterocycles. The molecule has 0 aliphatic carbocycles. The van der Waals surface area contributed by atoms with Gasteiger partial charge in [0.25, 0.3) is 11.8 Å². The van der Waals surface area contributed by atoms with Gasteiger partial charge in [-0.3, -0.25) is 19.3 Å². The Bertz CT molecular complexity index is 1070. The Morgan fingerprint density at radius 2 is 1.77 bits per heavy atom. The Labute approximate surface area is 229 Å². The van der Waals surface area contributed by atoms with E-state index < -0.39 is 29.6 Å². The molecular formula is C28H39N3O8. The van der Waals surface area contributed by atoms with Crippen molar-refractivity contribution in [3.8, 4) is 11.8 Å². The van der Waals surface area contributed by atoms with Gasteiger partial charge in [0.2, 0.25) is 5.91 Å². The fraction of sp³-hybridized carbons (Fsp3) is 0.536. The molecule has 214 valence electrons. The normalized spacial score (nSPS) is 12.8. The molecule has 0 saturated carbocycles. The van der Waals surface area contributed by atoms with Gasteiger partial charge in [-0.25, -0.2) is 4.79 Å². The molecule has 0 spiro atoms. The van der Waals surface area contributed by atoms with E-state index in [1.807, 2.05) is 13.8 Å². The van der Waals surface area contributed by atoms with Gasteiger partial charge in [0, 0.05) is 25.6 Å². The maximum atomic E-state index is 13.0. The molecule has 1 unspecified atom stereocenters. The number of carbonyl (C=O) groups is 5. The summed E-state index contributed by atoms with van der Waals surface area (Å²) >= 11 is 0. The van der Waals surface area contributed by atoms with Crippen molar-refractivity contribution in [2.75, 3.05) is 40.0 Å². The summed E-state index contributed by atoms with van der Waals surface area (Å²) in [6.45, 7) is 10.6. The largest absolute Gasteiger partial charge is 0.444 e. The first kappa shape index (κ1) is 33.3. The number of benzene rings is 1. The number of imide groups is 1. The van der Waals surface area contributed by atoms with Gasteiger partial charge in [-0.05, 0) is 39.3 Å². The van der Waals surface area contributed by atoms with Crippen LogP contribution in [0.2, 0.25) is 0 Å². The SMILES string of the molecule is CC.CNC(=O)CCC(C=O)N1C(=O)c2cccc(C#CCOCCOCCNC(=O)OC(C)(C)C)c2C1=O. The number of amides is 4. The summed E-state index contributed by atoms with van der Waals surface area (Å²) in [4.78, 5) is 61.4. The average molecular weight is 546 g/mol. The summed E-state index contributed by atoms with van der Waals surface area (Å²) in [6, 6.07) is 3.68. The summed E-state index contributed by atoms with van der Waals surface area (Å²) < 4.78 is 15.9. The number of hydrogen-bond donors (Lipinski definition) is 2. The van der Waals surface area contributed by atoms with Gasteiger partial charge in [0.1, 0.15) is 18.5 Å². The predicted molar refractivity (Wildman–Crippen MR) is 144 cm³/mol. The highest BCUT2D eigenvalue weighted by Crippen LogP contribution is 2.28. The highest BCUT2D eigenvalue weighted by atomic mass is 16.6. The molecule has 1 aromatic carbocycles. The average Bonchev–Trinajstić information content (AvgIpc) is 3.16. The first-order chi connectivity index (χ1) is 18.6. The van der Waals surface area contributed by atoms with Crippen molar-refractivity contribution in [2.24, 2.45) is 0 Å². The van der Waals surface area contributed by atoms with Gasteiger partial charge < -0.3 is 29.6 Å². The van der Waals surface area contributed by atoms with Crippen LogP contribution in [0.3, 0.4) is 0 Å². The topological polar surface area (TPSA) is 140 Å². The molecule has 0 saturated heterocycles. The molecule has 2 N–H and O–H groups in total. The summed E-state index contributed by atoms with van der Waals surface area (Å²) in [5, 5.41) is 5.03. The monoisotopic (exact) mass is 545 g/mol. The number of hydrogen-bond acceptors (Lipinski definition) is 8. The Hall–Kier alpha value is -3.75. The molecule has 2 rings (SSSR count). The van der Waals surface area contributed by atoms with Gasteiger partial charge in [0.05, 0.1) is 37.0 Å². The number of alkyl carbamates (subject to hydrolysis) is 1. The van der Waals surface area contributed by atoms with Crippen molar-refractivity contribution in [1.82, 2.24) is 15.5 Å². The number of nitrogens with one attached hydrogen (secondary N) is 2. The van der Waals surface area contributed by atoms with Crippen LogP contribution in [0.25, 0.3) is 0 Å². The van der Waals surface area contributed by atoms with Crippen LogP contribution in [0.1, 0.15) is 73.7 Å². The number of nitrogens with zero attached hydrogens (tertiary/aromatic N) is 1. The maximum absolute atomic E-state index is 13.0. The minimum absolute atomic E-state index is 0.00127. The minimum atomic E-state index is -1.05. The van der Waals surface area contributed by atoms with Gasteiger partial charge >= 0.3 is 6.09 Å². The third-order valence-electron chi connectivity index (χ3n) is 5.06. The van der Waals surface area contributed by atoms with E-state index in [1.165, 1.54) is 13.1 Å². The zero-order valence-electron chi connectivity index (χ0n) is 23.5. The van der Waals surface area contributed by atoms with Crippen molar-refractivity contribution in [3.05, 3.63) is 34.9 Å². The fourth-order valence-electron chi connectivity index (χ4n) is 3.38. The summed E-state index contributed by atoms with van der Waals surface area (Å²) in [5.41, 5.74) is 0.0843. The molecule has 0 radical (unpaired) electrons. The van der Waals surface area contributed by atoms with E-state index in [2.05, 4.69) is 22.5 Å². The third-order valence-corrected chi connectivity index (χ3v) is 5.06. The molecule has 11 heteroatoms. The quantitative estimate of drug-likeness (QED) is 0.177. The number of carbonyl (C=O) groups excluding carboxylic acids is 5. The second-order valence-corrected chi connectivity index (χ2v) is 9.02. The first-order valence-corrected chi connectivity index (χ1v) is 12.9. The summed E-state index contributed by atoms with van der Waals surface area (Å²) in [5.74, 6) is 4.15. The number of fused-ring (bicyclic) bond motifs is 1. The zero-order valence-corrected chi connectivity index (χ0v) is 23.5. The van der Waals surface area contributed by atoms with Crippen LogP contribution in [0.4, 0.5) is 4.79 Å². The van der Waals surface area contributed by atoms with Crippen molar-refractivity contribution < 1.29 is 38.2 Å². The van der Waals surface area contributed by atoms with Crippen LogP contribution in [0, 0.1) is 11.8 Å². The number of rotatable bonds is 12. The van der Waals surface area contributed by atoms with Crippen molar-refractivity contribution in [3.63, 3.8) is 0 Å². The van der Waals surface area contributed by atoms with Crippen LogP contribution < -0.4 is 10.6 Å². The van der Waals surface area contributed by atoms with E-state index in [0.717, 1.165) is 4.90 Å². The van der Waals surface area contributed by atoms with E-state index in [-0.39, 0.29) is 43.1 Å². The number of aldehydes is 1. The zero-order chi connectivity index (χ0) is 29.4. The van der Waals surface area contributed by atoms with E-state index in [4.69, 9.17) is 14.2 Å². The lowest BCUT2D eigenvalue weighted by Gasteiger charge is -2.20. The van der Waals surface area contributed by atoms with Gasteiger partial charge in [-0.1, -0.05) is 31.8 Å². The van der Waals surface area contributed by atoms with Gasteiger partial charge in [0.15, 0.2) is 0 Å². The Morgan fingerprint density at radius 1 is 1.08 bits per heavy atom. The summed E-state index contributed by atoms with van der Waals surface area (Å²) in [7, 11) is 1.47. The lowest BCUT2D eigenvalue weighted by Crippen LogP contribution is -2.41. The molecule has 1 aliphatic rings. The molecule has 0 aromatic heterocycles. The Kier molecular flexibility index (Phi) is 14.5. The van der Waals surface area contributed by atoms with E-state index >= 15 is 0 Å². The Balaban J connectivity index is 0.00000371. The molecule has 4 amide bonds.